The third-order valence-corrected chi connectivity index (χ3v) is 8.47. The summed E-state index contributed by atoms with van der Waals surface area (Å²) < 4.78 is 36.2. The Hall–Kier alpha value is -3.10. The molecule has 3 aromatic carbocycles. The van der Waals surface area contributed by atoms with Gasteiger partial charge in [-0.3, -0.25) is 4.81 Å². The van der Waals surface area contributed by atoms with Gasteiger partial charge in [-0.05, 0) is 93.0 Å². The van der Waals surface area contributed by atoms with Gasteiger partial charge in [-0.15, -0.1) is 0 Å². The molecule has 1 fully saturated rings. The van der Waals surface area contributed by atoms with Crippen LogP contribution in [-0.2, 0) is 40.2 Å². The third-order valence-electron chi connectivity index (χ3n) is 7.93. The van der Waals surface area contributed by atoms with Crippen LogP contribution in [0.15, 0.2) is 83.9 Å². The van der Waals surface area contributed by atoms with Crippen molar-refractivity contribution in [3.63, 3.8) is 0 Å². The Bertz CT molecular complexity index is 1530. The van der Waals surface area contributed by atoms with Gasteiger partial charge in [0, 0.05) is 23.2 Å². The van der Waals surface area contributed by atoms with E-state index in [1.165, 1.54) is 4.81 Å². The Kier molecular flexibility index (Phi) is 11.3. The molecule has 4 rings (SSSR count). The maximum Gasteiger partial charge on any atom is 0.599 e. The summed E-state index contributed by atoms with van der Waals surface area (Å²) in [6.45, 7) is 18.8. The van der Waals surface area contributed by atoms with Crippen LogP contribution >= 0.6 is 0 Å². The highest BCUT2D eigenvalue weighted by molar-refractivity contribution is 6.45. The summed E-state index contributed by atoms with van der Waals surface area (Å²) in [6, 6.07) is 25.3. The highest BCUT2D eigenvalue weighted by atomic mass is 28.2. The van der Waals surface area contributed by atoms with Gasteiger partial charge in [-0.2, -0.15) is 0 Å². The second kappa shape index (κ2) is 14.4. The Morgan fingerprint density at radius 3 is 1.73 bits per heavy atom. The average molecular weight is 685 g/mol. The standard InChI is InChI=1S/C36H45BN2O7Si2/c1-32(2,3)41-31(40)39(37-43-34(7,8)35(9,10)44-37)24-27-23-28(36(45-47,46-48)42-33(4,5)6)21-22-29(27)38-30(25-17-13-11-14-18-25)26-19-15-12-16-20-26/h11-23H,24H2,1-10H3. The normalized spacial score (nSPS) is 16.0. The molecule has 1 amide bonds. The largest absolute Gasteiger partial charge is 0.599 e. The lowest BCUT2D eigenvalue weighted by Crippen LogP contribution is -2.48. The molecule has 1 aliphatic heterocycles. The summed E-state index contributed by atoms with van der Waals surface area (Å²) in [4.78, 5) is 20.6. The van der Waals surface area contributed by atoms with Crippen LogP contribution < -0.4 is 0 Å². The van der Waals surface area contributed by atoms with Crippen molar-refractivity contribution in [1.29, 1.82) is 0 Å². The van der Waals surface area contributed by atoms with E-state index in [0.717, 1.165) is 16.8 Å². The zero-order valence-corrected chi connectivity index (χ0v) is 31.5. The number of hydrogen-bond acceptors (Lipinski definition) is 8. The van der Waals surface area contributed by atoms with E-state index in [0.29, 0.717) is 16.8 Å². The third kappa shape index (κ3) is 8.92. The van der Waals surface area contributed by atoms with Crippen LogP contribution in [0.3, 0.4) is 0 Å². The van der Waals surface area contributed by atoms with Crippen molar-refractivity contribution in [3.8, 4) is 0 Å². The minimum atomic E-state index is -1.72. The number of rotatable bonds is 10. The van der Waals surface area contributed by atoms with E-state index >= 15 is 0 Å². The predicted octanol–water partition coefficient (Wildman–Crippen LogP) is 7.31. The Morgan fingerprint density at radius 1 is 0.792 bits per heavy atom. The molecule has 0 bridgehead atoms. The number of benzene rings is 3. The van der Waals surface area contributed by atoms with Gasteiger partial charge in [0.15, 0.2) is 0 Å². The summed E-state index contributed by atoms with van der Waals surface area (Å²) in [7, 11) is 5.31. The molecule has 0 unspecified atom stereocenters. The average Bonchev–Trinajstić information content (AvgIpc) is 3.22. The minimum absolute atomic E-state index is 0.00962. The molecule has 1 heterocycles. The number of amides is 1. The van der Waals surface area contributed by atoms with Gasteiger partial charge in [0.25, 0.3) is 26.9 Å². The fourth-order valence-electron chi connectivity index (χ4n) is 4.93. The number of ether oxygens (including phenoxy) is 2. The van der Waals surface area contributed by atoms with E-state index in [1.54, 1.807) is 6.07 Å². The molecule has 252 valence electrons. The van der Waals surface area contributed by atoms with Crippen molar-refractivity contribution >= 4 is 45.7 Å². The molecule has 48 heavy (non-hydrogen) atoms. The molecule has 0 aromatic heterocycles. The van der Waals surface area contributed by atoms with E-state index in [1.807, 2.05) is 142 Å². The monoisotopic (exact) mass is 684 g/mol. The van der Waals surface area contributed by atoms with Gasteiger partial charge in [-0.25, -0.2) is 9.79 Å². The quantitative estimate of drug-likeness (QED) is 0.126. The molecule has 0 N–H and O–H groups in total. The fraction of sp³-hybridized carbons (Fsp3) is 0.444. The van der Waals surface area contributed by atoms with E-state index in [2.05, 4.69) is 21.0 Å². The molecule has 6 radical (unpaired) electrons. The summed E-state index contributed by atoms with van der Waals surface area (Å²) >= 11 is 0. The Balaban J connectivity index is 1.95. The lowest BCUT2D eigenvalue weighted by Gasteiger charge is -2.37. The van der Waals surface area contributed by atoms with Crippen molar-refractivity contribution in [3.05, 3.63) is 101 Å². The van der Waals surface area contributed by atoms with Crippen LogP contribution in [0.5, 0.6) is 0 Å². The first-order valence-electron chi connectivity index (χ1n) is 15.9. The molecule has 12 heteroatoms. The zero-order chi connectivity index (χ0) is 35.5. The second-order valence-electron chi connectivity index (χ2n) is 14.7. The van der Waals surface area contributed by atoms with Crippen molar-refractivity contribution in [2.75, 3.05) is 0 Å². The second-order valence-corrected chi connectivity index (χ2v) is 15.1. The molecule has 0 atom stereocenters. The van der Waals surface area contributed by atoms with Gasteiger partial charge in [0.05, 0.1) is 28.2 Å². The summed E-state index contributed by atoms with van der Waals surface area (Å²) in [6.07, 6.45) is -0.613. The van der Waals surface area contributed by atoms with Crippen molar-refractivity contribution < 1.29 is 32.4 Å². The molecule has 3 aromatic rings. The summed E-state index contributed by atoms with van der Waals surface area (Å²) in [5, 5.41) is 0. The Labute approximate surface area is 292 Å². The number of aliphatic imine (C=N–C) groups is 1. The fourth-order valence-corrected chi connectivity index (χ4v) is 5.42. The van der Waals surface area contributed by atoms with E-state index in [9.17, 15) is 4.79 Å². The highest BCUT2D eigenvalue weighted by Gasteiger charge is 2.56. The Morgan fingerprint density at radius 2 is 1.29 bits per heavy atom. The molecular weight excluding hydrogens is 639 g/mol. The zero-order valence-electron chi connectivity index (χ0n) is 29.5. The van der Waals surface area contributed by atoms with Crippen LogP contribution in [0.4, 0.5) is 10.5 Å². The topological polar surface area (TPSA) is 88.1 Å². The first-order chi connectivity index (χ1) is 22.3. The van der Waals surface area contributed by atoms with Gasteiger partial charge < -0.3 is 27.6 Å². The van der Waals surface area contributed by atoms with Gasteiger partial charge in [-0.1, -0.05) is 60.7 Å². The molecule has 9 nitrogen and oxygen atoms in total. The van der Waals surface area contributed by atoms with E-state index in [4.69, 9.17) is 32.6 Å². The maximum atomic E-state index is 13.9. The van der Waals surface area contributed by atoms with E-state index in [-0.39, 0.29) is 6.54 Å². The van der Waals surface area contributed by atoms with Crippen molar-refractivity contribution in [1.82, 2.24) is 4.81 Å². The number of nitrogens with zero attached hydrogens (tertiary/aromatic N) is 2. The molecule has 0 spiro atoms. The van der Waals surface area contributed by atoms with Crippen molar-refractivity contribution in [2.45, 2.75) is 104 Å². The lowest BCUT2D eigenvalue weighted by atomic mass is 9.90. The summed E-state index contributed by atoms with van der Waals surface area (Å²) in [5.41, 5.74) is 1.38. The van der Waals surface area contributed by atoms with Crippen LogP contribution in [0.1, 0.15) is 91.5 Å². The molecule has 1 aliphatic rings. The SMILES string of the molecule is CC(C)(C)OC(=O)N(Cc1cc(C(O[Si])(O[Si])OC(C)(C)C)ccc1N=C(c1ccccc1)c1ccccc1)B1OC(C)(C)C(C)(C)O1. The first-order valence-corrected chi connectivity index (χ1v) is 16.7. The maximum absolute atomic E-state index is 13.9. The van der Waals surface area contributed by atoms with Crippen LogP contribution in [0.2, 0.25) is 0 Å². The molecular formula is C36H45BN2O7Si2. The minimum Gasteiger partial charge on any atom is -0.444 e. The van der Waals surface area contributed by atoms with Gasteiger partial charge in [0.1, 0.15) is 5.60 Å². The van der Waals surface area contributed by atoms with Crippen molar-refractivity contribution in [2.24, 2.45) is 4.99 Å². The lowest BCUT2D eigenvalue weighted by molar-refractivity contribution is -0.347. The predicted molar refractivity (Wildman–Crippen MR) is 189 cm³/mol. The summed E-state index contributed by atoms with van der Waals surface area (Å²) in [5.74, 6) is -1.72. The van der Waals surface area contributed by atoms with Gasteiger partial charge >= 0.3 is 13.3 Å². The molecule has 1 saturated heterocycles. The van der Waals surface area contributed by atoms with Crippen LogP contribution in [0.25, 0.3) is 0 Å². The number of carbonyl (C=O) groups is 1. The first kappa shape index (κ1) is 37.7. The highest BCUT2D eigenvalue weighted by Crippen LogP contribution is 2.40. The number of carbonyl (C=O) groups excluding carboxylic acids is 1. The molecule has 0 saturated carbocycles. The van der Waals surface area contributed by atoms with Crippen LogP contribution in [0, 0.1) is 0 Å². The van der Waals surface area contributed by atoms with E-state index < -0.39 is 41.7 Å². The smallest absolute Gasteiger partial charge is 0.444 e. The molecule has 0 aliphatic carbocycles. The number of hydrogen-bond donors (Lipinski definition) is 0. The van der Waals surface area contributed by atoms with Crippen LogP contribution in [-0.4, -0.2) is 67.2 Å². The van der Waals surface area contributed by atoms with Gasteiger partial charge in [0.2, 0.25) is 0 Å².